The van der Waals surface area contributed by atoms with E-state index in [9.17, 15) is 24.6 Å². The first-order valence-corrected chi connectivity index (χ1v) is 15.5. The first-order valence-electron chi connectivity index (χ1n) is 15.5. The number of carboxylic acid groups (broad SMARTS) is 1. The van der Waals surface area contributed by atoms with Gasteiger partial charge in [-0.3, -0.25) is 9.59 Å². The molecule has 2 aromatic carbocycles. The van der Waals surface area contributed by atoms with E-state index in [2.05, 4.69) is 15.6 Å². The van der Waals surface area contributed by atoms with Crippen LogP contribution in [0.4, 0.5) is 15.0 Å². The molecule has 10 heteroatoms. The smallest absolute Gasteiger partial charge is 0.405 e. The van der Waals surface area contributed by atoms with Crippen LogP contribution >= 0.6 is 0 Å². The molecule has 0 radical (unpaired) electrons. The molecule has 238 valence electrons. The zero-order chi connectivity index (χ0) is 32.4. The molecular formula is C35H41FN4O5. The second kappa shape index (κ2) is 13.0. The molecule has 0 saturated heterocycles. The van der Waals surface area contributed by atoms with E-state index in [1.165, 1.54) is 6.07 Å². The molecule has 2 saturated carbocycles. The van der Waals surface area contributed by atoms with Crippen LogP contribution in [0.15, 0.2) is 60.8 Å². The lowest BCUT2D eigenvalue weighted by molar-refractivity contribution is -0.132. The lowest BCUT2D eigenvalue weighted by Crippen LogP contribution is -2.62. The monoisotopic (exact) mass is 616 g/mol. The number of benzene rings is 2. The Hall–Kier alpha value is -4.31. The van der Waals surface area contributed by atoms with Gasteiger partial charge < -0.3 is 25.7 Å². The summed E-state index contributed by atoms with van der Waals surface area (Å²) in [5.74, 6) is 0.0548. The van der Waals surface area contributed by atoms with Gasteiger partial charge in [-0.25, -0.2) is 14.2 Å². The van der Waals surface area contributed by atoms with Crippen molar-refractivity contribution >= 4 is 23.7 Å². The molecule has 4 N–H and O–H groups in total. The van der Waals surface area contributed by atoms with E-state index >= 15 is 4.39 Å². The third-order valence-corrected chi connectivity index (χ3v) is 9.30. The summed E-state index contributed by atoms with van der Waals surface area (Å²) in [5, 5.41) is 25.1. The summed E-state index contributed by atoms with van der Waals surface area (Å²) in [5.41, 5.74) is 0.670. The van der Waals surface area contributed by atoms with Crippen LogP contribution < -0.4 is 10.6 Å². The van der Waals surface area contributed by atoms with Gasteiger partial charge in [0.15, 0.2) is 0 Å². The fraction of sp³-hybridized carbons (Fsp3) is 0.429. The second-order valence-electron chi connectivity index (χ2n) is 12.8. The molecule has 0 atom stereocenters. The first-order chi connectivity index (χ1) is 21.4. The van der Waals surface area contributed by atoms with Crippen LogP contribution in [-0.4, -0.2) is 56.7 Å². The number of aromatic nitrogens is 1. The van der Waals surface area contributed by atoms with Crippen molar-refractivity contribution in [3.63, 3.8) is 0 Å². The minimum atomic E-state index is -1.29. The van der Waals surface area contributed by atoms with E-state index < -0.39 is 23.1 Å². The van der Waals surface area contributed by atoms with Crippen molar-refractivity contribution in [3.8, 4) is 22.3 Å². The molecule has 3 aromatic rings. The Morgan fingerprint density at radius 2 is 1.69 bits per heavy atom. The minimum absolute atomic E-state index is 0.0603. The molecule has 0 spiro atoms. The second-order valence-corrected chi connectivity index (χ2v) is 12.8. The number of pyridine rings is 1. The van der Waals surface area contributed by atoms with Gasteiger partial charge in [-0.15, -0.1) is 0 Å². The van der Waals surface area contributed by atoms with Gasteiger partial charge in [-0.1, -0.05) is 49.4 Å². The predicted octanol–water partition coefficient (Wildman–Crippen LogP) is 6.32. The van der Waals surface area contributed by atoms with Gasteiger partial charge in [0.1, 0.15) is 11.6 Å². The number of carbonyl (C=O) groups is 3. The van der Waals surface area contributed by atoms with Gasteiger partial charge >= 0.3 is 6.09 Å². The SMILES string of the molecule is CCC(=O)N(C)[C@H]1CC[C@H](CC(=O)Nc2cc(-c3ccccc3)c(-c3ccc([C@]4(NC(=O)O)C[C@@](C)(O)C4)c(F)c3)cn2)CC1. The maximum Gasteiger partial charge on any atom is 0.405 e. The summed E-state index contributed by atoms with van der Waals surface area (Å²) in [7, 11) is 1.86. The molecule has 9 nitrogen and oxygen atoms in total. The standard InChI is InChI=1S/C35H41FN4O5/c1-4-32(42)40(3)25-13-10-22(11-14-25)16-31(41)38-30-18-26(23-8-6-5-7-9-23)27(19-37-30)24-12-15-28(29(36)17-24)35(39-33(43)44)20-34(2,45)21-35/h5-9,12,15,17-19,22,25,39,45H,4,10-11,13-14,16,20-21H2,1-3H3,(H,43,44)(H,37,38,41)/t22-,25-,34-,35+. The summed E-state index contributed by atoms with van der Waals surface area (Å²) in [6.07, 6.45) is 4.82. The number of aliphatic hydroxyl groups is 1. The quantitative estimate of drug-likeness (QED) is 0.223. The topological polar surface area (TPSA) is 132 Å². The van der Waals surface area contributed by atoms with Crippen LogP contribution in [0.3, 0.4) is 0 Å². The zero-order valence-corrected chi connectivity index (χ0v) is 26.0. The molecule has 1 heterocycles. The van der Waals surface area contributed by atoms with Crippen molar-refractivity contribution in [2.45, 2.75) is 82.4 Å². The molecule has 0 aliphatic heterocycles. The van der Waals surface area contributed by atoms with Gasteiger partial charge in [0.05, 0.1) is 11.1 Å². The molecule has 5 rings (SSSR count). The Kier molecular flexibility index (Phi) is 9.25. The number of hydrogen-bond donors (Lipinski definition) is 4. The average molecular weight is 617 g/mol. The van der Waals surface area contributed by atoms with Crippen LogP contribution in [0.1, 0.15) is 70.8 Å². The Bertz CT molecular complexity index is 1560. The number of rotatable bonds is 9. The van der Waals surface area contributed by atoms with E-state index in [1.807, 2.05) is 49.2 Å². The van der Waals surface area contributed by atoms with Crippen LogP contribution in [0, 0.1) is 11.7 Å². The number of anilines is 1. The lowest BCUT2D eigenvalue weighted by Gasteiger charge is -2.51. The molecule has 45 heavy (non-hydrogen) atoms. The highest BCUT2D eigenvalue weighted by Gasteiger charge is 2.54. The molecular weight excluding hydrogens is 575 g/mol. The van der Waals surface area contributed by atoms with Crippen molar-refractivity contribution < 1.29 is 29.0 Å². The van der Waals surface area contributed by atoms with E-state index in [0.29, 0.717) is 29.8 Å². The summed E-state index contributed by atoms with van der Waals surface area (Å²) >= 11 is 0. The number of hydrogen-bond acceptors (Lipinski definition) is 5. The summed E-state index contributed by atoms with van der Waals surface area (Å²) in [6, 6.07) is 16.2. The van der Waals surface area contributed by atoms with Crippen LogP contribution in [0.25, 0.3) is 22.3 Å². The maximum absolute atomic E-state index is 15.7. The Balaban J connectivity index is 1.34. The summed E-state index contributed by atoms with van der Waals surface area (Å²) in [6.45, 7) is 3.46. The van der Waals surface area contributed by atoms with Gasteiger partial charge in [-0.05, 0) is 67.3 Å². The van der Waals surface area contributed by atoms with Crippen molar-refractivity contribution in [1.29, 1.82) is 0 Å². The van der Waals surface area contributed by atoms with Crippen LogP contribution in [-0.2, 0) is 15.1 Å². The third kappa shape index (κ3) is 7.17. The maximum atomic E-state index is 15.7. The van der Waals surface area contributed by atoms with Crippen molar-refractivity contribution in [2.24, 2.45) is 5.92 Å². The molecule has 2 aliphatic rings. The molecule has 0 bridgehead atoms. The fourth-order valence-corrected chi connectivity index (χ4v) is 7.13. The lowest BCUT2D eigenvalue weighted by atomic mass is 9.62. The zero-order valence-electron chi connectivity index (χ0n) is 26.0. The average Bonchev–Trinajstić information content (AvgIpc) is 2.99. The van der Waals surface area contributed by atoms with Crippen LogP contribution in [0.5, 0.6) is 0 Å². The highest BCUT2D eigenvalue weighted by Crippen LogP contribution is 2.49. The van der Waals surface area contributed by atoms with Crippen molar-refractivity contribution in [1.82, 2.24) is 15.2 Å². The number of nitrogens with zero attached hydrogens (tertiary/aromatic N) is 2. The molecule has 2 aliphatic carbocycles. The molecule has 0 unspecified atom stereocenters. The van der Waals surface area contributed by atoms with Gasteiger partial charge in [-0.2, -0.15) is 0 Å². The minimum Gasteiger partial charge on any atom is -0.465 e. The Morgan fingerprint density at radius 3 is 2.29 bits per heavy atom. The molecule has 3 amide bonds. The van der Waals surface area contributed by atoms with E-state index in [1.54, 1.807) is 31.3 Å². The Labute approximate surface area is 262 Å². The van der Waals surface area contributed by atoms with Gasteiger partial charge in [0.2, 0.25) is 11.8 Å². The molecule has 2 fully saturated rings. The molecule has 1 aromatic heterocycles. The van der Waals surface area contributed by atoms with E-state index in [4.69, 9.17) is 0 Å². The number of amides is 3. The van der Waals surface area contributed by atoms with E-state index in [0.717, 1.165) is 36.8 Å². The predicted molar refractivity (Wildman–Crippen MR) is 170 cm³/mol. The number of halogens is 1. The van der Waals surface area contributed by atoms with Crippen molar-refractivity contribution in [3.05, 3.63) is 72.2 Å². The van der Waals surface area contributed by atoms with Crippen LogP contribution in [0.2, 0.25) is 0 Å². The van der Waals surface area contributed by atoms with E-state index in [-0.39, 0.29) is 42.2 Å². The van der Waals surface area contributed by atoms with Crippen molar-refractivity contribution in [2.75, 3.05) is 12.4 Å². The fourth-order valence-electron chi connectivity index (χ4n) is 7.13. The highest BCUT2D eigenvalue weighted by atomic mass is 19.1. The van der Waals surface area contributed by atoms with Gasteiger partial charge in [0.25, 0.3) is 0 Å². The van der Waals surface area contributed by atoms with Gasteiger partial charge in [0, 0.05) is 56.1 Å². The first kappa shape index (κ1) is 32.1. The summed E-state index contributed by atoms with van der Waals surface area (Å²) in [4.78, 5) is 43.0. The largest absolute Gasteiger partial charge is 0.465 e. The Morgan fingerprint density at radius 1 is 1.00 bits per heavy atom. The number of carbonyl (C=O) groups excluding carboxylic acids is 2. The normalized spacial score (nSPS) is 24.3. The highest BCUT2D eigenvalue weighted by molar-refractivity contribution is 5.92. The number of nitrogens with one attached hydrogen (secondary N) is 2. The summed E-state index contributed by atoms with van der Waals surface area (Å²) < 4.78 is 15.7. The third-order valence-electron chi connectivity index (χ3n) is 9.30.